The molecular weight excluding hydrogens is 422 g/mol. The van der Waals surface area contributed by atoms with Gasteiger partial charge in [0.1, 0.15) is 5.78 Å². The second-order valence-corrected chi connectivity index (χ2v) is 9.53. The van der Waals surface area contributed by atoms with Crippen LogP contribution in [0.2, 0.25) is 0 Å². The zero-order valence-corrected chi connectivity index (χ0v) is 18.6. The fourth-order valence-electron chi connectivity index (χ4n) is 7.01. The van der Waals surface area contributed by atoms with Crippen LogP contribution in [0, 0.1) is 11.8 Å². The van der Waals surface area contributed by atoms with E-state index in [9.17, 15) is 14.4 Å². The highest BCUT2D eigenvalue weighted by Crippen LogP contribution is 2.64. The lowest BCUT2D eigenvalue weighted by atomic mass is 9.46. The summed E-state index contributed by atoms with van der Waals surface area (Å²) in [4.78, 5) is 43.5. The number of hydrogen-bond donors (Lipinski definition) is 0. The standard InChI is InChI=1S/C30H21NO3/c1-17(32)30-22-14-6-4-12-20(22)25(21-13-5-7-15-23(21)30)26-27(30)29(34)31(28(26)33)24-16-8-10-18-9-2-3-11-19(18)24/h2-16,25-27H,1H3/t25?,26-,27+,30?/m1/s1. The number of anilines is 1. The number of rotatable bonds is 2. The average Bonchev–Trinajstić information content (AvgIpc) is 3.14. The van der Waals surface area contributed by atoms with Crippen molar-refractivity contribution in [2.75, 3.05) is 4.90 Å². The Morgan fingerprint density at radius 2 is 1.32 bits per heavy atom. The third-order valence-electron chi connectivity index (χ3n) is 8.18. The third kappa shape index (κ3) is 2.07. The Bertz CT molecular complexity index is 1520. The van der Waals surface area contributed by atoms with Crippen LogP contribution in [-0.4, -0.2) is 17.6 Å². The molecule has 2 amide bonds. The molecule has 0 spiro atoms. The van der Waals surface area contributed by atoms with Gasteiger partial charge in [-0.05, 0) is 40.6 Å². The van der Waals surface area contributed by atoms with Crippen LogP contribution in [0.25, 0.3) is 10.8 Å². The van der Waals surface area contributed by atoms with Gasteiger partial charge in [-0.2, -0.15) is 0 Å². The number of imide groups is 1. The van der Waals surface area contributed by atoms with Crippen molar-refractivity contribution in [3.63, 3.8) is 0 Å². The van der Waals surface area contributed by atoms with E-state index < -0.39 is 17.3 Å². The molecule has 34 heavy (non-hydrogen) atoms. The van der Waals surface area contributed by atoms with Gasteiger partial charge in [-0.3, -0.25) is 14.4 Å². The lowest BCUT2D eigenvalue weighted by Crippen LogP contribution is -2.57. The van der Waals surface area contributed by atoms with Crippen LogP contribution in [0.15, 0.2) is 91.0 Å². The van der Waals surface area contributed by atoms with Crippen LogP contribution in [0.5, 0.6) is 0 Å². The maximum Gasteiger partial charge on any atom is 0.239 e. The van der Waals surface area contributed by atoms with Gasteiger partial charge in [0.15, 0.2) is 0 Å². The molecule has 4 nitrogen and oxygen atoms in total. The molecule has 8 rings (SSSR count). The molecule has 0 N–H and O–H groups in total. The lowest BCUT2D eigenvalue weighted by molar-refractivity contribution is -0.132. The minimum Gasteiger partial charge on any atom is -0.299 e. The summed E-state index contributed by atoms with van der Waals surface area (Å²) in [6, 6.07) is 29.2. The summed E-state index contributed by atoms with van der Waals surface area (Å²) < 4.78 is 0. The van der Waals surface area contributed by atoms with Crippen molar-refractivity contribution in [1.82, 2.24) is 0 Å². The number of Topliss-reactive ketones (excluding diaryl/α,β-unsaturated/α-hetero) is 1. The lowest BCUT2D eigenvalue weighted by Gasteiger charge is -2.52. The topological polar surface area (TPSA) is 54.5 Å². The van der Waals surface area contributed by atoms with Crippen LogP contribution in [0.3, 0.4) is 0 Å². The molecule has 4 aliphatic rings. The molecule has 164 valence electrons. The van der Waals surface area contributed by atoms with Gasteiger partial charge in [-0.25, -0.2) is 4.90 Å². The highest BCUT2D eigenvalue weighted by Gasteiger charge is 2.70. The maximum atomic E-state index is 14.3. The largest absolute Gasteiger partial charge is 0.299 e. The van der Waals surface area contributed by atoms with Crippen LogP contribution in [0.4, 0.5) is 5.69 Å². The fraction of sp³-hybridized carbons (Fsp3) is 0.167. The number of amides is 2. The second-order valence-electron chi connectivity index (χ2n) is 9.53. The summed E-state index contributed by atoms with van der Waals surface area (Å²) in [5.74, 6) is -2.22. The summed E-state index contributed by atoms with van der Waals surface area (Å²) in [6.45, 7) is 1.56. The smallest absolute Gasteiger partial charge is 0.239 e. The van der Waals surface area contributed by atoms with Gasteiger partial charge in [0.05, 0.1) is 22.9 Å². The monoisotopic (exact) mass is 443 g/mol. The van der Waals surface area contributed by atoms with Crippen molar-refractivity contribution in [1.29, 1.82) is 0 Å². The van der Waals surface area contributed by atoms with Gasteiger partial charge in [-0.15, -0.1) is 0 Å². The number of carbonyl (C=O) groups excluding carboxylic acids is 3. The number of nitrogens with zero attached hydrogens (tertiary/aromatic N) is 1. The summed E-state index contributed by atoms with van der Waals surface area (Å²) in [5, 5.41) is 1.82. The highest BCUT2D eigenvalue weighted by atomic mass is 16.2. The minimum absolute atomic E-state index is 0.0959. The van der Waals surface area contributed by atoms with Gasteiger partial charge in [0, 0.05) is 11.3 Å². The quantitative estimate of drug-likeness (QED) is 0.411. The van der Waals surface area contributed by atoms with E-state index in [0.29, 0.717) is 5.69 Å². The first-order chi connectivity index (χ1) is 16.6. The van der Waals surface area contributed by atoms with E-state index in [1.165, 1.54) is 4.90 Å². The summed E-state index contributed by atoms with van der Waals surface area (Å²) in [6.07, 6.45) is 0. The van der Waals surface area contributed by atoms with E-state index in [2.05, 4.69) is 0 Å². The van der Waals surface area contributed by atoms with Crippen LogP contribution in [-0.2, 0) is 19.8 Å². The van der Waals surface area contributed by atoms with E-state index >= 15 is 0 Å². The summed E-state index contributed by atoms with van der Waals surface area (Å²) in [7, 11) is 0. The van der Waals surface area contributed by atoms with Crippen molar-refractivity contribution in [3.05, 3.63) is 113 Å². The van der Waals surface area contributed by atoms with E-state index in [4.69, 9.17) is 0 Å². The zero-order valence-electron chi connectivity index (χ0n) is 18.6. The molecule has 0 radical (unpaired) electrons. The van der Waals surface area contributed by atoms with E-state index in [-0.39, 0.29) is 23.5 Å². The Kier molecular flexibility index (Phi) is 3.72. The predicted octanol–water partition coefficient (Wildman–Crippen LogP) is 4.98. The van der Waals surface area contributed by atoms with Crippen molar-refractivity contribution in [3.8, 4) is 0 Å². The van der Waals surface area contributed by atoms with Crippen molar-refractivity contribution in [2.45, 2.75) is 18.3 Å². The Morgan fingerprint density at radius 1 is 0.735 bits per heavy atom. The molecule has 0 aromatic heterocycles. The number of benzene rings is 4. The fourth-order valence-corrected chi connectivity index (χ4v) is 7.01. The molecular formula is C30H21NO3. The third-order valence-corrected chi connectivity index (χ3v) is 8.18. The summed E-state index contributed by atoms with van der Waals surface area (Å²) >= 11 is 0. The Hall–Kier alpha value is -4.05. The van der Waals surface area contributed by atoms with Crippen molar-refractivity contribution >= 4 is 34.1 Å². The first-order valence-corrected chi connectivity index (χ1v) is 11.6. The molecule has 0 saturated carbocycles. The van der Waals surface area contributed by atoms with Gasteiger partial charge < -0.3 is 0 Å². The normalized spacial score (nSPS) is 26.4. The van der Waals surface area contributed by atoms with Crippen LogP contribution < -0.4 is 4.90 Å². The number of fused-ring (bicyclic) bond motifs is 1. The molecule has 0 unspecified atom stereocenters. The van der Waals surface area contributed by atoms with Gasteiger partial charge >= 0.3 is 0 Å². The van der Waals surface area contributed by atoms with Gasteiger partial charge in [-0.1, -0.05) is 84.9 Å². The van der Waals surface area contributed by atoms with Crippen molar-refractivity contribution in [2.24, 2.45) is 11.8 Å². The molecule has 1 aliphatic heterocycles. The molecule has 3 aliphatic carbocycles. The molecule has 1 heterocycles. The number of ketones is 1. The average molecular weight is 444 g/mol. The minimum atomic E-state index is -1.17. The highest BCUT2D eigenvalue weighted by molar-refractivity contribution is 6.27. The molecule has 4 heteroatoms. The Morgan fingerprint density at radius 3 is 2.00 bits per heavy atom. The zero-order chi connectivity index (χ0) is 23.2. The first kappa shape index (κ1) is 19.4. The van der Waals surface area contributed by atoms with Crippen molar-refractivity contribution < 1.29 is 14.4 Å². The number of hydrogen-bond acceptors (Lipinski definition) is 3. The molecule has 1 saturated heterocycles. The first-order valence-electron chi connectivity index (χ1n) is 11.6. The SMILES string of the molecule is CC(=O)C12c3ccccc3C(c3ccccc31)[C@H]1C(=O)N(c3cccc4ccccc34)C(=O)[C@H]12. The summed E-state index contributed by atoms with van der Waals surface area (Å²) in [5.41, 5.74) is 3.13. The van der Waals surface area contributed by atoms with E-state index in [0.717, 1.165) is 33.0 Å². The van der Waals surface area contributed by atoms with E-state index in [1.807, 2.05) is 91.0 Å². The molecule has 4 aromatic carbocycles. The maximum absolute atomic E-state index is 14.3. The van der Waals surface area contributed by atoms with Gasteiger partial charge in [0.25, 0.3) is 0 Å². The van der Waals surface area contributed by atoms with E-state index in [1.54, 1.807) is 6.92 Å². The van der Waals surface area contributed by atoms with Gasteiger partial charge in [0.2, 0.25) is 11.8 Å². The molecule has 2 atom stereocenters. The Labute approximate surface area is 196 Å². The van der Waals surface area contributed by atoms with Crippen LogP contribution >= 0.6 is 0 Å². The molecule has 1 fully saturated rings. The number of carbonyl (C=O) groups is 3. The van der Waals surface area contributed by atoms with Crippen LogP contribution in [0.1, 0.15) is 35.1 Å². The second kappa shape index (κ2) is 6.51. The Balaban J connectivity index is 1.54. The molecule has 4 aromatic rings. The predicted molar refractivity (Wildman–Crippen MR) is 130 cm³/mol. The molecule has 2 bridgehead atoms.